The maximum Gasteiger partial charge on any atom is 0.339 e. The maximum absolute atomic E-state index is 11.4. The Labute approximate surface area is 89.8 Å². The molecule has 0 spiro atoms. The minimum absolute atomic E-state index is 0.0138. The molecule has 1 aromatic rings. The van der Waals surface area contributed by atoms with E-state index in [-0.39, 0.29) is 13.2 Å². The molecule has 3 N–H and O–H groups in total. The lowest BCUT2D eigenvalue weighted by atomic mass is 10.2. The molecule has 1 rings (SSSR count). The van der Waals surface area contributed by atoms with Gasteiger partial charge in [-0.05, 0) is 28.1 Å². The lowest BCUT2D eigenvalue weighted by Crippen LogP contribution is -2.10. The average Bonchev–Trinajstić information content (AvgIpc) is 2.18. The van der Waals surface area contributed by atoms with Crippen molar-refractivity contribution >= 4 is 27.6 Å². The third-order valence-electron chi connectivity index (χ3n) is 1.57. The summed E-state index contributed by atoms with van der Waals surface area (Å²) in [6.45, 7) is -0.203. The van der Waals surface area contributed by atoms with Crippen LogP contribution in [0.25, 0.3) is 0 Å². The van der Waals surface area contributed by atoms with E-state index in [9.17, 15) is 4.79 Å². The zero-order valence-electron chi connectivity index (χ0n) is 7.37. The van der Waals surface area contributed by atoms with Gasteiger partial charge in [-0.15, -0.1) is 0 Å². The zero-order chi connectivity index (χ0) is 10.6. The lowest BCUT2D eigenvalue weighted by molar-refractivity contribution is 0.0433. The first-order valence-corrected chi connectivity index (χ1v) is 4.78. The number of anilines is 1. The van der Waals surface area contributed by atoms with E-state index < -0.39 is 5.97 Å². The molecule has 0 saturated carbocycles. The second kappa shape index (κ2) is 4.97. The highest BCUT2D eigenvalue weighted by Gasteiger charge is 2.12. The standard InChI is InChI=1S/C9H10BrNO3/c10-8-6(2-1-3-7(8)11)9(13)14-5-4-12/h1-3,12H,4-5,11H2. The SMILES string of the molecule is Nc1cccc(C(=O)OCCO)c1Br. The molecule has 1 aromatic carbocycles. The van der Waals surface area contributed by atoms with Crippen molar-refractivity contribution in [2.75, 3.05) is 18.9 Å². The van der Waals surface area contributed by atoms with E-state index >= 15 is 0 Å². The number of hydrogen-bond donors (Lipinski definition) is 2. The van der Waals surface area contributed by atoms with Crippen LogP contribution in [0.1, 0.15) is 10.4 Å². The molecule has 0 aliphatic rings. The van der Waals surface area contributed by atoms with Gasteiger partial charge in [0.1, 0.15) is 6.61 Å². The van der Waals surface area contributed by atoms with Gasteiger partial charge in [0.15, 0.2) is 0 Å². The molecule has 0 atom stereocenters. The van der Waals surface area contributed by atoms with Crippen LogP contribution in [-0.4, -0.2) is 24.3 Å². The number of benzene rings is 1. The van der Waals surface area contributed by atoms with E-state index in [1.54, 1.807) is 18.2 Å². The minimum atomic E-state index is -0.502. The Balaban J connectivity index is 2.84. The predicted molar refractivity (Wildman–Crippen MR) is 55.9 cm³/mol. The number of aliphatic hydroxyl groups excluding tert-OH is 1. The van der Waals surface area contributed by atoms with Crippen molar-refractivity contribution in [3.8, 4) is 0 Å². The van der Waals surface area contributed by atoms with Crippen LogP contribution < -0.4 is 5.73 Å². The molecule has 0 radical (unpaired) electrons. The Kier molecular flexibility index (Phi) is 3.91. The van der Waals surface area contributed by atoms with Gasteiger partial charge in [0, 0.05) is 5.69 Å². The Morgan fingerprint density at radius 2 is 2.29 bits per heavy atom. The number of esters is 1. The molecule has 14 heavy (non-hydrogen) atoms. The van der Waals surface area contributed by atoms with Gasteiger partial charge in [-0.25, -0.2) is 4.79 Å². The van der Waals surface area contributed by atoms with E-state index in [1.807, 2.05) is 0 Å². The third-order valence-corrected chi connectivity index (χ3v) is 2.46. The van der Waals surface area contributed by atoms with E-state index in [0.717, 1.165) is 0 Å². The highest BCUT2D eigenvalue weighted by atomic mass is 79.9. The Morgan fingerprint density at radius 3 is 2.93 bits per heavy atom. The van der Waals surface area contributed by atoms with Crippen molar-refractivity contribution < 1.29 is 14.6 Å². The van der Waals surface area contributed by atoms with Crippen molar-refractivity contribution in [3.05, 3.63) is 28.2 Å². The van der Waals surface area contributed by atoms with Gasteiger partial charge in [-0.1, -0.05) is 6.07 Å². The summed E-state index contributed by atoms with van der Waals surface area (Å²) in [7, 11) is 0. The number of ether oxygens (including phenoxy) is 1. The highest BCUT2D eigenvalue weighted by molar-refractivity contribution is 9.10. The number of nitrogen functional groups attached to an aromatic ring is 1. The van der Waals surface area contributed by atoms with Crippen molar-refractivity contribution in [2.24, 2.45) is 0 Å². The van der Waals surface area contributed by atoms with Gasteiger partial charge >= 0.3 is 5.97 Å². The molecule has 4 nitrogen and oxygen atoms in total. The predicted octanol–water partition coefficient (Wildman–Crippen LogP) is 1.18. The molecule has 5 heteroatoms. The molecule has 0 saturated heterocycles. The first-order chi connectivity index (χ1) is 6.66. The Morgan fingerprint density at radius 1 is 1.57 bits per heavy atom. The fraction of sp³-hybridized carbons (Fsp3) is 0.222. The second-order valence-corrected chi connectivity index (χ2v) is 3.36. The van der Waals surface area contributed by atoms with Crippen LogP contribution in [0.2, 0.25) is 0 Å². The molecule has 0 aromatic heterocycles. The van der Waals surface area contributed by atoms with E-state index in [1.165, 1.54) is 0 Å². The molecular formula is C9H10BrNO3. The monoisotopic (exact) mass is 259 g/mol. The highest BCUT2D eigenvalue weighted by Crippen LogP contribution is 2.24. The quantitative estimate of drug-likeness (QED) is 0.632. The fourth-order valence-corrected chi connectivity index (χ4v) is 1.35. The lowest BCUT2D eigenvalue weighted by Gasteiger charge is -2.06. The molecule has 0 aliphatic carbocycles. The van der Waals surface area contributed by atoms with Crippen molar-refractivity contribution in [1.82, 2.24) is 0 Å². The smallest absolute Gasteiger partial charge is 0.339 e. The molecule has 0 amide bonds. The van der Waals surface area contributed by atoms with Gasteiger partial charge in [-0.2, -0.15) is 0 Å². The van der Waals surface area contributed by atoms with Crippen LogP contribution in [0, 0.1) is 0 Å². The summed E-state index contributed by atoms with van der Waals surface area (Å²) in [4.78, 5) is 11.4. The number of carbonyl (C=O) groups is 1. The molecule has 0 bridgehead atoms. The van der Waals surface area contributed by atoms with Gasteiger partial charge in [0.2, 0.25) is 0 Å². The normalized spacial score (nSPS) is 9.86. The topological polar surface area (TPSA) is 72.6 Å². The second-order valence-electron chi connectivity index (χ2n) is 2.57. The summed E-state index contributed by atoms with van der Waals surface area (Å²) in [6.07, 6.45) is 0. The Hall–Kier alpha value is -1.07. The fourth-order valence-electron chi connectivity index (χ4n) is 0.924. The number of nitrogens with two attached hydrogens (primary N) is 1. The summed E-state index contributed by atoms with van der Waals surface area (Å²) in [5.74, 6) is -0.502. The van der Waals surface area contributed by atoms with Gasteiger partial charge < -0.3 is 15.6 Å². The molecule has 0 fully saturated rings. The van der Waals surface area contributed by atoms with E-state index in [0.29, 0.717) is 15.7 Å². The summed E-state index contributed by atoms with van der Waals surface area (Å²) in [6, 6.07) is 4.93. The number of halogens is 1. The average molecular weight is 260 g/mol. The zero-order valence-corrected chi connectivity index (χ0v) is 8.95. The van der Waals surface area contributed by atoms with Crippen LogP contribution in [0.5, 0.6) is 0 Å². The number of hydrogen-bond acceptors (Lipinski definition) is 4. The van der Waals surface area contributed by atoms with Gasteiger partial charge in [0.05, 0.1) is 16.6 Å². The van der Waals surface area contributed by atoms with Crippen LogP contribution in [0.4, 0.5) is 5.69 Å². The molecule has 0 aliphatic heterocycles. The summed E-state index contributed by atoms with van der Waals surface area (Å²) >= 11 is 3.18. The van der Waals surface area contributed by atoms with Crippen LogP contribution in [-0.2, 0) is 4.74 Å². The minimum Gasteiger partial charge on any atom is -0.460 e. The molecular weight excluding hydrogens is 250 g/mol. The number of rotatable bonds is 3. The first-order valence-electron chi connectivity index (χ1n) is 3.98. The maximum atomic E-state index is 11.4. The van der Waals surface area contributed by atoms with Gasteiger partial charge in [-0.3, -0.25) is 0 Å². The summed E-state index contributed by atoms with van der Waals surface area (Å²) in [5, 5.41) is 8.47. The van der Waals surface area contributed by atoms with Crippen LogP contribution in [0.3, 0.4) is 0 Å². The molecule has 0 heterocycles. The molecule has 0 unspecified atom stereocenters. The van der Waals surface area contributed by atoms with Crippen molar-refractivity contribution in [1.29, 1.82) is 0 Å². The summed E-state index contributed by atoms with van der Waals surface area (Å²) < 4.78 is 5.26. The first kappa shape index (κ1) is 11.0. The summed E-state index contributed by atoms with van der Waals surface area (Å²) in [5.41, 5.74) is 6.42. The van der Waals surface area contributed by atoms with E-state index in [2.05, 4.69) is 15.9 Å². The van der Waals surface area contributed by atoms with Crippen LogP contribution >= 0.6 is 15.9 Å². The molecule has 76 valence electrons. The Bertz CT molecular complexity index is 341. The number of aliphatic hydroxyl groups is 1. The van der Waals surface area contributed by atoms with Crippen LogP contribution in [0.15, 0.2) is 22.7 Å². The largest absolute Gasteiger partial charge is 0.460 e. The van der Waals surface area contributed by atoms with E-state index in [4.69, 9.17) is 15.6 Å². The van der Waals surface area contributed by atoms with Crippen molar-refractivity contribution in [2.45, 2.75) is 0 Å². The van der Waals surface area contributed by atoms with Crippen molar-refractivity contribution in [3.63, 3.8) is 0 Å². The van der Waals surface area contributed by atoms with Gasteiger partial charge in [0.25, 0.3) is 0 Å². The number of carbonyl (C=O) groups excluding carboxylic acids is 1. The third kappa shape index (κ3) is 2.46.